The zero-order valence-corrected chi connectivity index (χ0v) is 10.9. The number of amides is 1. The molecule has 0 unspecified atom stereocenters. The molecule has 0 radical (unpaired) electrons. The van der Waals surface area contributed by atoms with Gasteiger partial charge in [-0.15, -0.1) is 0 Å². The van der Waals surface area contributed by atoms with Crippen LogP contribution in [0.15, 0.2) is 24.3 Å². The van der Waals surface area contributed by atoms with Gasteiger partial charge in [0.05, 0.1) is 0 Å². The van der Waals surface area contributed by atoms with E-state index in [1.165, 1.54) is 0 Å². The molecule has 0 aliphatic carbocycles. The van der Waals surface area contributed by atoms with Gasteiger partial charge in [-0.2, -0.15) is 11.8 Å². The van der Waals surface area contributed by atoms with Gasteiger partial charge < -0.3 is 10.4 Å². The molecule has 0 spiro atoms. The number of carbonyl (C=O) groups excluding carboxylic acids is 1. The fourth-order valence-corrected chi connectivity index (χ4v) is 2.10. The van der Waals surface area contributed by atoms with Gasteiger partial charge in [-0.05, 0) is 31.2 Å². The predicted molar refractivity (Wildman–Crippen MR) is 72.5 cm³/mol. The molecule has 2 N–H and O–H groups in total. The monoisotopic (exact) mass is 253 g/mol. The molecule has 0 saturated heterocycles. The summed E-state index contributed by atoms with van der Waals surface area (Å²) in [5, 5.41) is 11.5. The van der Waals surface area contributed by atoms with E-state index in [1.807, 2.05) is 31.2 Å². The van der Waals surface area contributed by atoms with Crippen molar-refractivity contribution >= 4 is 17.7 Å². The molecular formula is C13H19NO2S. The van der Waals surface area contributed by atoms with Gasteiger partial charge in [0.2, 0.25) is 0 Å². The van der Waals surface area contributed by atoms with Crippen LogP contribution in [0.4, 0.5) is 0 Å². The summed E-state index contributed by atoms with van der Waals surface area (Å²) in [5.74, 6) is 1.81. The quantitative estimate of drug-likeness (QED) is 0.729. The lowest BCUT2D eigenvalue weighted by Crippen LogP contribution is -2.25. The molecule has 0 bridgehead atoms. The zero-order valence-electron chi connectivity index (χ0n) is 10.1. The maximum atomic E-state index is 11.7. The van der Waals surface area contributed by atoms with Gasteiger partial charge in [-0.25, -0.2) is 0 Å². The van der Waals surface area contributed by atoms with Crippen molar-refractivity contribution in [1.29, 1.82) is 0 Å². The molecule has 1 aromatic rings. The Morgan fingerprint density at radius 1 is 1.29 bits per heavy atom. The summed E-state index contributed by atoms with van der Waals surface area (Å²) in [5.41, 5.74) is 1.86. The second kappa shape index (κ2) is 8.14. The van der Waals surface area contributed by atoms with E-state index in [1.54, 1.807) is 11.8 Å². The van der Waals surface area contributed by atoms with Gasteiger partial charge in [-0.1, -0.05) is 17.7 Å². The summed E-state index contributed by atoms with van der Waals surface area (Å²) in [7, 11) is 0. The number of aliphatic hydroxyl groups is 1. The van der Waals surface area contributed by atoms with Gasteiger partial charge in [0, 0.05) is 24.5 Å². The van der Waals surface area contributed by atoms with Crippen LogP contribution < -0.4 is 5.32 Å². The van der Waals surface area contributed by atoms with Crippen LogP contribution in [0.25, 0.3) is 0 Å². The summed E-state index contributed by atoms with van der Waals surface area (Å²) in [6.07, 6.45) is 0.816. The minimum absolute atomic E-state index is 0.0206. The fourth-order valence-electron chi connectivity index (χ4n) is 1.31. The number of rotatable bonds is 7. The standard InChI is InChI=1S/C13H19NO2S/c1-11-3-5-12(6-4-11)13(16)14-7-10-17-9-2-8-15/h3-6,15H,2,7-10H2,1H3,(H,14,16). The maximum absolute atomic E-state index is 11.7. The van der Waals surface area contributed by atoms with Crippen LogP contribution in [0, 0.1) is 6.92 Å². The first-order chi connectivity index (χ1) is 8.24. The number of thioether (sulfide) groups is 1. The van der Waals surface area contributed by atoms with E-state index in [0.717, 1.165) is 23.5 Å². The summed E-state index contributed by atoms with van der Waals surface area (Å²) >= 11 is 1.74. The van der Waals surface area contributed by atoms with Crippen LogP contribution in [0.3, 0.4) is 0 Å². The minimum atomic E-state index is -0.0206. The minimum Gasteiger partial charge on any atom is -0.396 e. The lowest BCUT2D eigenvalue weighted by Gasteiger charge is -2.05. The van der Waals surface area contributed by atoms with Crippen LogP contribution in [0.2, 0.25) is 0 Å². The SMILES string of the molecule is Cc1ccc(C(=O)NCCSCCCO)cc1. The van der Waals surface area contributed by atoms with Crippen LogP contribution in [-0.2, 0) is 0 Å². The summed E-state index contributed by atoms with van der Waals surface area (Å²) in [4.78, 5) is 11.7. The Morgan fingerprint density at radius 2 is 2.00 bits per heavy atom. The third-order valence-corrected chi connectivity index (χ3v) is 3.36. The first-order valence-electron chi connectivity index (χ1n) is 5.77. The van der Waals surface area contributed by atoms with Crippen molar-refractivity contribution < 1.29 is 9.90 Å². The highest BCUT2D eigenvalue weighted by atomic mass is 32.2. The third-order valence-electron chi connectivity index (χ3n) is 2.29. The molecular weight excluding hydrogens is 234 g/mol. The molecule has 0 aliphatic rings. The molecule has 0 heterocycles. The Kier molecular flexibility index (Phi) is 6.74. The first kappa shape index (κ1) is 14.1. The highest BCUT2D eigenvalue weighted by Gasteiger charge is 2.03. The molecule has 0 aliphatic heterocycles. The van der Waals surface area contributed by atoms with Crippen molar-refractivity contribution in [2.45, 2.75) is 13.3 Å². The van der Waals surface area contributed by atoms with Crippen molar-refractivity contribution in [3.63, 3.8) is 0 Å². The van der Waals surface area contributed by atoms with E-state index in [9.17, 15) is 4.79 Å². The molecule has 0 aromatic heterocycles. The second-order valence-corrected chi connectivity index (χ2v) is 5.04. The molecule has 3 nitrogen and oxygen atoms in total. The Balaban J connectivity index is 2.19. The normalized spacial score (nSPS) is 10.2. The van der Waals surface area contributed by atoms with Crippen LogP contribution in [0.1, 0.15) is 22.3 Å². The molecule has 94 valence electrons. The highest BCUT2D eigenvalue weighted by molar-refractivity contribution is 7.99. The van der Waals surface area contributed by atoms with E-state index in [2.05, 4.69) is 5.32 Å². The summed E-state index contributed by atoms with van der Waals surface area (Å²) in [6.45, 7) is 2.91. The van der Waals surface area contributed by atoms with Crippen molar-refractivity contribution in [1.82, 2.24) is 5.32 Å². The maximum Gasteiger partial charge on any atom is 0.251 e. The number of nitrogens with one attached hydrogen (secondary N) is 1. The summed E-state index contributed by atoms with van der Waals surface area (Å²) < 4.78 is 0. The van der Waals surface area contributed by atoms with Gasteiger partial charge in [0.15, 0.2) is 0 Å². The number of aryl methyl sites for hydroxylation is 1. The van der Waals surface area contributed by atoms with E-state index in [0.29, 0.717) is 12.1 Å². The van der Waals surface area contributed by atoms with Gasteiger partial charge in [0.1, 0.15) is 0 Å². The number of hydrogen-bond donors (Lipinski definition) is 2. The third kappa shape index (κ3) is 5.75. The number of aliphatic hydroxyl groups excluding tert-OH is 1. The largest absolute Gasteiger partial charge is 0.396 e. The van der Waals surface area contributed by atoms with Crippen molar-refractivity contribution in [2.75, 3.05) is 24.7 Å². The van der Waals surface area contributed by atoms with Crippen molar-refractivity contribution in [3.05, 3.63) is 35.4 Å². The van der Waals surface area contributed by atoms with Gasteiger partial charge >= 0.3 is 0 Å². The van der Waals surface area contributed by atoms with Crippen molar-refractivity contribution in [3.8, 4) is 0 Å². The molecule has 1 aromatic carbocycles. The number of hydrogen-bond acceptors (Lipinski definition) is 3. The smallest absolute Gasteiger partial charge is 0.251 e. The lowest BCUT2D eigenvalue weighted by molar-refractivity contribution is 0.0956. The molecule has 0 saturated carbocycles. The lowest BCUT2D eigenvalue weighted by atomic mass is 10.1. The molecule has 1 amide bonds. The topological polar surface area (TPSA) is 49.3 Å². The molecule has 0 atom stereocenters. The first-order valence-corrected chi connectivity index (χ1v) is 6.93. The molecule has 0 fully saturated rings. The molecule has 17 heavy (non-hydrogen) atoms. The Hall–Kier alpha value is -1.00. The van der Waals surface area contributed by atoms with Crippen molar-refractivity contribution in [2.24, 2.45) is 0 Å². The van der Waals surface area contributed by atoms with Gasteiger partial charge in [0.25, 0.3) is 5.91 Å². The molecule has 4 heteroatoms. The Morgan fingerprint density at radius 3 is 2.65 bits per heavy atom. The van der Waals surface area contributed by atoms with Crippen LogP contribution >= 0.6 is 11.8 Å². The zero-order chi connectivity index (χ0) is 12.5. The average molecular weight is 253 g/mol. The highest BCUT2D eigenvalue weighted by Crippen LogP contribution is 2.03. The summed E-state index contributed by atoms with van der Waals surface area (Å²) in [6, 6.07) is 7.54. The van der Waals surface area contributed by atoms with Crippen LogP contribution in [-0.4, -0.2) is 35.7 Å². The van der Waals surface area contributed by atoms with E-state index < -0.39 is 0 Å². The van der Waals surface area contributed by atoms with E-state index in [-0.39, 0.29) is 12.5 Å². The van der Waals surface area contributed by atoms with Gasteiger partial charge in [-0.3, -0.25) is 4.79 Å². The predicted octanol–water partition coefficient (Wildman–Crippen LogP) is 1.84. The fraction of sp³-hybridized carbons (Fsp3) is 0.462. The number of carbonyl (C=O) groups is 1. The van der Waals surface area contributed by atoms with E-state index >= 15 is 0 Å². The Labute approximate surface area is 107 Å². The van der Waals surface area contributed by atoms with E-state index in [4.69, 9.17) is 5.11 Å². The molecule has 1 rings (SSSR count). The Bertz CT molecular complexity index is 338. The average Bonchev–Trinajstić information content (AvgIpc) is 2.34. The van der Waals surface area contributed by atoms with Crippen LogP contribution in [0.5, 0.6) is 0 Å². The second-order valence-electron chi connectivity index (χ2n) is 3.81. The number of benzene rings is 1.